The van der Waals surface area contributed by atoms with Gasteiger partial charge in [0.25, 0.3) is 0 Å². The Labute approximate surface area is 95.6 Å². The molecule has 82 valence electrons. The Bertz CT molecular complexity index is 361. The molecular weight excluding hydrogens is 210 g/mol. The van der Waals surface area contributed by atoms with Crippen LogP contribution in [0.4, 0.5) is 5.69 Å². The number of benzene rings is 1. The number of rotatable bonds is 3. The molecule has 0 amide bonds. The summed E-state index contributed by atoms with van der Waals surface area (Å²) in [5.74, 6) is 0.831. The number of aryl methyl sites for hydroxylation is 1. The maximum absolute atomic E-state index is 6.04. The maximum Gasteiger partial charge on any atom is 0.143 e. The maximum atomic E-state index is 6.04. The Morgan fingerprint density at radius 2 is 2.13 bits per heavy atom. The highest BCUT2D eigenvalue weighted by atomic mass is 35.5. The Kier molecular flexibility index (Phi) is 3.06. The molecule has 0 aromatic heterocycles. The van der Waals surface area contributed by atoms with E-state index >= 15 is 0 Å². The van der Waals surface area contributed by atoms with Gasteiger partial charge >= 0.3 is 0 Å². The van der Waals surface area contributed by atoms with Crippen LogP contribution in [0.1, 0.15) is 24.8 Å². The number of halogens is 1. The van der Waals surface area contributed by atoms with Crippen LogP contribution in [0.15, 0.2) is 12.1 Å². The van der Waals surface area contributed by atoms with Gasteiger partial charge in [0.15, 0.2) is 0 Å². The van der Waals surface area contributed by atoms with Crippen LogP contribution in [0.3, 0.4) is 0 Å². The van der Waals surface area contributed by atoms with E-state index in [1.807, 2.05) is 13.0 Å². The van der Waals surface area contributed by atoms with Gasteiger partial charge in [-0.25, -0.2) is 0 Å². The molecule has 0 radical (unpaired) electrons. The predicted octanol–water partition coefficient (Wildman–Crippen LogP) is 3.62. The minimum atomic E-state index is 0.611. The molecule has 0 aliphatic heterocycles. The first-order valence-electron chi connectivity index (χ1n) is 5.31. The van der Waals surface area contributed by atoms with Gasteiger partial charge in [-0.2, -0.15) is 0 Å². The van der Waals surface area contributed by atoms with Crippen molar-refractivity contribution in [2.45, 2.75) is 32.2 Å². The van der Waals surface area contributed by atoms with E-state index in [0.717, 1.165) is 22.0 Å². The van der Waals surface area contributed by atoms with Crippen LogP contribution < -0.4 is 10.1 Å². The van der Waals surface area contributed by atoms with Crippen molar-refractivity contribution in [2.24, 2.45) is 0 Å². The summed E-state index contributed by atoms with van der Waals surface area (Å²) >= 11 is 6.04. The zero-order valence-electron chi connectivity index (χ0n) is 9.14. The summed E-state index contributed by atoms with van der Waals surface area (Å²) in [5.41, 5.74) is 2.14. The van der Waals surface area contributed by atoms with E-state index in [9.17, 15) is 0 Å². The zero-order valence-corrected chi connectivity index (χ0v) is 9.90. The molecule has 1 fully saturated rings. The lowest BCUT2D eigenvalue weighted by Crippen LogP contribution is -2.27. The summed E-state index contributed by atoms with van der Waals surface area (Å²) < 4.78 is 5.30. The van der Waals surface area contributed by atoms with Gasteiger partial charge in [-0.05, 0) is 37.8 Å². The Balaban J connectivity index is 2.23. The average molecular weight is 226 g/mol. The summed E-state index contributed by atoms with van der Waals surface area (Å²) in [6, 6.07) is 4.54. The third-order valence-electron chi connectivity index (χ3n) is 2.95. The highest BCUT2D eigenvalue weighted by Crippen LogP contribution is 2.33. The first-order chi connectivity index (χ1) is 7.20. The molecule has 2 rings (SSSR count). The third kappa shape index (κ3) is 2.20. The van der Waals surface area contributed by atoms with Crippen LogP contribution in [-0.2, 0) is 0 Å². The molecule has 1 N–H and O–H groups in total. The number of anilines is 1. The molecule has 0 heterocycles. The monoisotopic (exact) mass is 225 g/mol. The third-order valence-corrected chi connectivity index (χ3v) is 3.35. The topological polar surface area (TPSA) is 21.3 Å². The van der Waals surface area contributed by atoms with Crippen molar-refractivity contribution in [3.63, 3.8) is 0 Å². The van der Waals surface area contributed by atoms with E-state index in [2.05, 4.69) is 11.4 Å². The van der Waals surface area contributed by atoms with E-state index in [4.69, 9.17) is 16.3 Å². The predicted molar refractivity (Wildman–Crippen MR) is 64.0 cm³/mol. The molecule has 0 spiro atoms. The highest BCUT2D eigenvalue weighted by Gasteiger charge is 2.18. The summed E-state index contributed by atoms with van der Waals surface area (Å²) in [7, 11) is 1.67. The molecule has 1 aliphatic rings. The van der Waals surface area contributed by atoms with E-state index in [1.165, 1.54) is 19.3 Å². The van der Waals surface area contributed by atoms with Gasteiger partial charge in [0.05, 0.1) is 12.8 Å². The summed E-state index contributed by atoms with van der Waals surface area (Å²) in [6.45, 7) is 2.01. The zero-order chi connectivity index (χ0) is 10.8. The van der Waals surface area contributed by atoms with Crippen molar-refractivity contribution in [3.05, 3.63) is 22.7 Å². The van der Waals surface area contributed by atoms with Gasteiger partial charge in [-0.15, -0.1) is 0 Å². The number of methoxy groups -OCH3 is 1. The summed E-state index contributed by atoms with van der Waals surface area (Å²) in [5, 5.41) is 4.24. The molecular formula is C12H16ClNO. The fraction of sp³-hybridized carbons (Fsp3) is 0.500. The van der Waals surface area contributed by atoms with Gasteiger partial charge in [-0.3, -0.25) is 0 Å². The van der Waals surface area contributed by atoms with Crippen LogP contribution in [0.5, 0.6) is 5.75 Å². The van der Waals surface area contributed by atoms with Gasteiger partial charge in [-0.1, -0.05) is 11.6 Å². The first-order valence-corrected chi connectivity index (χ1v) is 5.69. The minimum absolute atomic E-state index is 0.611. The lowest BCUT2D eigenvalue weighted by Gasteiger charge is -2.28. The normalized spacial score (nSPS) is 15.9. The molecule has 1 aliphatic carbocycles. The number of hydrogen-bond donors (Lipinski definition) is 1. The quantitative estimate of drug-likeness (QED) is 0.849. The standard InChI is InChI=1S/C12H16ClNO/c1-8-6-11(14-9-4-3-5-9)12(15-2)7-10(8)13/h6-7,9,14H,3-5H2,1-2H3. The van der Waals surface area contributed by atoms with E-state index < -0.39 is 0 Å². The van der Waals surface area contributed by atoms with Crippen LogP contribution in [0.25, 0.3) is 0 Å². The Morgan fingerprint density at radius 3 is 2.67 bits per heavy atom. The molecule has 1 saturated carbocycles. The van der Waals surface area contributed by atoms with E-state index in [1.54, 1.807) is 7.11 Å². The second-order valence-electron chi connectivity index (χ2n) is 4.07. The van der Waals surface area contributed by atoms with Crippen molar-refractivity contribution in [2.75, 3.05) is 12.4 Å². The number of ether oxygens (including phenoxy) is 1. The average Bonchev–Trinajstić information content (AvgIpc) is 2.16. The molecule has 0 bridgehead atoms. The molecule has 1 aromatic carbocycles. The highest BCUT2D eigenvalue weighted by molar-refractivity contribution is 6.31. The molecule has 3 heteroatoms. The van der Waals surface area contributed by atoms with Crippen LogP contribution >= 0.6 is 11.6 Å². The van der Waals surface area contributed by atoms with E-state index in [-0.39, 0.29) is 0 Å². The van der Waals surface area contributed by atoms with Crippen LogP contribution in [0.2, 0.25) is 5.02 Å². The van der Waals surface area contributed by atoms with Crippen molar-refractivity contribution in [3.8, 4) is 5.75 Å². The fourth-order valence-corrected chi connectivity index (χ4v) is 1.87. The van der Waals surface area contributed by atoms with Crippen molar-refractivity contribution in [1.82, 2.24) is 0 Å². The lowest BCUT2D eigenvalue weighted by molar-refractivity contribution is 0.410. The number of hydrogen-bond acceptors (Lipinski definition) is 2. The number of nitrogens with one attached hydrogen (secondary N) is 1. The Morgan fingerprint density at radius 1 is 1.40 bits per heavy atom. The molecule has 0 atom stereocenters. The van der Waals surface area contributed by atoms with Gasteiger partial charge in [0.1, 0.15) is 5.75 Å². The summed E-state index contributed by atoms with van der Waals surface area (Å²) in [4.78, 5) is 0. The smallest absolute Gasteiger partial charge is 0.143 e. The van der Waals surface area contributed by atoms with Crippen molar-refractivity contribution in [1.29, 1.82) is 0 Å². The summed E-state index contributed by atoms with van der Waals surface area (Å²) in [6.07, 6.45) is 3.84. The lowest BCUT2D eigenvalue weighted by atomic mass is 9.93. The molecule has 2 nitrogen and oxygen atoms in total. The van der Waals surface area contributed by atoms with Crippen molar-refractivity contribution < 1.29 is 4.74 Å². The SMILES string of the molecule is COc1cc(Cl)c(C)cc1NC1CCC1. The van der Waals surface area contributed by atoms with Crippen LogP contribution in [0, 0.1) is 6.92 Å². The van der Waals surface area contributed by atoms with Crippen LogP contribution in [-0.4, -0.2) is 13.2 Å². The van der Waals surface area contributed by atoms with Gasteiger partial charge in [0.2, 0.25) is 0 Å². The Hall–Kier alpha value is -0.890. The first kappa shape index (κ1) is 10.6. The van der Waals surface area contributed by atoms with E-state index in [0.29, 0.717) is 6.04 Å². The molecule has 1 aromatic rings. The van der Waals surface area contributed by atoms with Gasteiger partial charge < -0.3 is 10.1 Å². The molecule has 0 unspecified atom stereocenters. The molecule has 15 heavy (non-hydrogen) atoms. The second kappa shape index (κ2) is 4.31. The molecule has 0 saturated heterocycles. The largest absolute Gasteiger partial charge is 0.495 e. The fourth-order valence-electron chi connectivity index (χ4n) is 1.72. The van der Waals surface area contributed by atoms with Crippen molar-refractivity contribution >= 4 is 17.3 Å². The second-order valence-corrected chi connectivity index (χ2v) is 4.48. The van der Waals surface area contributed by atoms with Gasteiger partial charge in [0, 0.05) is 17.1 Å². The minimum Gasteiger partial charge on any atom is -0.495 e.